The third-order valence-electron chi connectivity index (χ3n) is 5.00. The van der Waals surface area contributed by atoms with Gasteiger partial charge in [-0.25, -0.2) is 0 Å². The molecule has 1 fully saturated rings. The number of hydrogen-bond donors (Lipinski definition) is 4. The van der Waals surface area contributed by atoms with Crippen molar-refractivity contribution in [1.82, 2.24) is 0 Å². The Morgan fingerprint density at radius 3 is 1.50 bits per heavy atom. The van der Waals surface area contributed by atoms with Crippen LogP contribution in [0.5, 0.6) is 0 Å². The highest BCUT2D eigenvalue weighted by atomic mass is 16.4. The van der Waals surface area contributed by atoms with Crippen molar-refractivity contribution in [2.45, 2.75) is 13.8 Å². The average Bonchev–Trinajstić information content (AvgIpc) is 2.34. The third-order valence-corrected chi connectivity index (χ3v) is 5.00. The van der Waals surface area contributed by atoms with Crippen molar-refractivity contribution < 1.29 is 39.6 Å². The van der Waals surface area contributed by atoms with Gasteiger partial charge in [0, 0.05) is 11.3 Å². The molecular weight excluding hydrogens is 296 g/mol. The number of carbonyl (C=O) groups is 4. The molecule has 4 N–H and O–H groups in total. The number of carboxylic acids is 4. The molecule has 0 amide bonds. The molecule has 0 aliphatic heterocycles. The van der Waals surface area contributed by atoms with E-state index in [-0.39, 0.29) is 0 Å². The quantitative estimate of drug-likeness (QED) is 0.544. The van der Waals surface area contributed by atoms with Gasteiger partial charge in [-0.1, -0.05) is 18.6 Å². The van der Waals surface area contributed by atoms with Gasteiger partial charge in [0.25, 0.3) is 0 Å². The van der Waals surface area contributed by atoms with Gasteiger partial charge in [0.05, 0.1) is 23.7 Å². The van der Waals surface area contributed by atoms with Crippen LogP contribution in [0, 0.1) is 35.0 Å². The van der Waals surface area contributed by atoms with Gasteiger partial charge in [0.2, 0.25) is 0 Å². The van der Waals surface area contributed by atoms with Crippen LogP contribution in [0.2, 0.25) is 0 Å². The van der Waals surface area contributed by atoms with Gasteiger partial charge in [-0.2, -0.15) is 0 Å². The number of allylic oxidation sites excluding steroid dienone is 2. The van der Waals surface area contributed by atoms with Crippen molar-refractivity contribution in [2.24, 2.45) is 35.0 Å². The van der Waals surface area contributed by atoms with Crippen LogP contribution in [0.1, 0.15) is 13.8 Å². The molecule has 0 heterocycles. The largest absolute Gasteiger partial charge is 0.481 e. The van der Waals surface area contributed by atoms with Gasteiger partial charge >= 0.3 is 23.9 Å². The van der Waals surface area contributed by atoms with E-state index in [1.54, 1.807) is 0 Å². The Labute approximate surface area is 125 Å². The highest BCUT2D eigenvalue weighted by Crippen LogP contribution is 2.61. The SMILES string of the molecule is CC1=CC2(C)C(C(=O)O)C(C(=O)O)C1C(C(=O)O)C2C(=O)O. The predicted octanol–water partition coefficient (Wildman–Crippen LogP) is 0.386. The minimum absolute atomic E-state index is 0.414. The molecule has 8 nitrogen and oxygen atoms in total. The molecule has 3 aliphatic carbocycles. The second-order valence-electron chi connectivity index (χ2n) is 6.14. The number of carboxylic acid groups (broad SMARTS) is 4. The van der Waals surface area contributed by atoms with Crippen LogP contribution in [-0.2, 0) is 19.2 Å². The lowest BCUT2D eigenvalue weighted by molar-refractivity contribution is -0.188. The first kappa shape index (κ1) is 16.0. The first-order chi connectivity index (χ1) is 10.0. The molecule has 0 aromatic heterocycles. The molecule has 3 rings (SSSR count). The summed E-state index contributed by atoms with van der Waals surface area (Å²) in [6.07, 6.45) is 1.42. The van der Waals surface area contributed by atoms with Gasteiger partial charge in [0.1, 0.15) is 0 Å². The second-order valence-corrected chi connectivity index (χ2v) is 6.14. The lowest BCUT2D eigenvalue weighted by Gasteiger charge is -2.55. The van der Waals surface area contributed by atoms with E-state index in [9.17, 15) is 39.6 Å². The fourth-order valence-corrected chi connectivity index (χ4v) is 4.37. The van der Waals surface area contributed by atoms with Gasteiger partial charge in [-0.3, -0.25) is 19.2 Å². The minimum atomic E-state index is -1.58. The summed E-state index contributed by atoms with van der Waals surface area (Å²) in [6, 6.07) is 0. The van der Waals surface area contributed by atoms with Crippen LogP contribution in [0.25, 0.3) is 0 Å². The Morgan fingerprint density at radius 2 is 1.23 bits per heavy atom. The first-order valence-corrected chi connectivity index (χ1v) is 6.64. The molecule has 0 radical (unpaired) electrons. The summed E-state index contributed by atoms with van der Waals surface area (Å²) in [5.74, 6) is -12.8. The summed E-state index contributed by atoms with van der Waals surface area (Å²) in [5, 5.41) is 37.7. The third kappa shape index (κ3) is 1.90. The summed E-state index contributed by atoms with van der Waals surface area (Å²) in [4.78, 5) is 46.3. The molecule has 0 saturated heterocycles. The Hall–Kier alpha value is -2.38. The molecule has 4 unspecified atom stereocenters. The standard InChI is InChI=1S/C14H16O8/c1-4-3-14(2)8(12(19)20)6(10(15)16)5(4)7(11(17)18)9(14)13(21)22/h3,5-9H,1-2H3,(H,15,16)(H,17,18)(H,19,20)(H,21,22). The second kappa shape index (κ2) is 4.82. The zero-order valence-corrected chi connectivity index (χ0v) is 11.9. The zero-order valence-electron chi connectivity index (χ0n) is 11.9. The lowest BCUT2D eigenvalue weighted by Crippen LogP contribution is -2.63. The molecule has 2 bridgehead atoms. The van der Waals surface area contributed by atoms with Crippen molar-refractivity contribution >= 4 is 23.9 Å². The number of aliphatic carboxylic acids is 4. The van der Waals surface area contributed by atoms with Crippen LogP contribution in [-0.4, -0.2) is 44.3 Å². The fourth-order valence-electron chi connectivity index (χ4n) is 4.37. The highest BCUT2D eigenvalue weighted by molar-refractivity contribution is 5.89. The topological polar surface area (TPSA) is 149 Å². The van der Waals surface area contributed by atoms with Crippen molar-refractivity contribution in [2.75, 3.05) is 0 Å². The summed E-state index contributed by atoms with van der Waals surface area (Å²) in [6.45, 7) is 2.83. The monoisotopic (exact) mass is 312 g/mol. The molecule has 0 spiro atoms. The molecular formula is C14H16O8. The van der Waals surface area contributed by atoms with E-state index < -0.39 is 58.9 Å². The van der Waals surface area contributed by atoms with Crippen molar-refractivity contribution in [3.05, 3.63) is 11.6 Å². The molecule has 0 aromatic carbocycles. The first-order valence-electron chi connectivity index (χ1n) is 6.64. The molecule has 120 valence electrons. The van der Waals surface area contributed by atoms with Gasteiger partial charge in [0.15, 0.2) is 0 Å². The van der Waals surface area contributed by atoms with Crippen molar-refractivity contribution in [3.63, 3.8) is 0 Å². The summed E-state index contributed by atoms with van der Waals surface area (Å²) in [5.41, 5.74) is -1.17. The van der Waals surface area contributed by atoms with Gasteiger partial charge in [-0.05, 0) is 6.92 Å². The molecule has 8 heteroatoms. The van der Waals surface area contributed by atoms with Crippen molar-refractivity contribution in [3.8, 4) is 0 Å². The van der Waals surface area contributed by atoms with E-state index in [0.29, 0.717) is 5.57 Å². The molecule has 1 saturated carbocycles. The molecule has 22 heavy (non-hydrogen) atoms. The number of fused-ring (bicyclic) bond motifs is 2. The number of rotatable bonds is 4. The molecule has 4 atom stereocenters. The Kier molecular flexibility index (Phi) is 3.51. The Morgan fingerprint density at radius 1 is 0.864 bits per heavy atom. The van der Waals surface area contributed by atoms with E-state index in [4.69, 9.17) is 0 Å². The number of hydrogen-bond acceptors (Lipinski definition) is 4. The van der Waals surface area contributed by atoms with E-state index in [0.717, 1.165) is 0 Å². The maximum atomic E-state index is 11.6. The lowest BCUT2D eigenvalue weighted by atomic mass is 9.44. The molecule has 0 aromatic rings. The summed E-state index contributed by atoms with van der Waals surface area (Å²) < 4.78 is 0. The smallest absolute Gasteiger partial charge is 0.308 e. The highest BCUT2D eigenvalue weighted by Gasteiger charge is 2.67. The zero-order chi connectivity index (χ0) is 17.0. The van der Waals surface area contributed by atoms with Crippen LogP contribution < -0.4 is 0 Å². The normalized spacial score (nSPS) is 39.9. The van der Waals surface area contributed by atoms with E-state index in [2.05, 4.69) is 0 Å². The van der Waals surface area contributed by atoms with Gasteiger partial charge < -0.3 is 20.4 Å². The van der Waals surface area contributed by atoms with Crippen LogP contribution in [0.4, 0.5) is 0 Å². The molecule has 3 aliphatic rings. The van der Waals surface area contributed by atoms with E-state index >= 15 is 0 Å². The predicted molar refractivity (Wildman–Crippen MR) is 69.9 cm³/mol. The van der Waals surface area contributed by atoms with Crippen LogP contribution in [0.15, 0.2) is 11.6 Å². The van der Waals surface area contributed by atoms with Gasteiger partial charge in [-0.15, -0.1) is 0 Å². The maximum absolute atomic E-state index is 11.6. The summed E-state index contributed by atoms with van der Waals surface area (Å²) in [7, 11) is 0. The van der Waals surface area contributed by atoms with Crippen LogP contribution in [0.3, 0.4) is 0 Å². The Bertz CT molecular complexity index is 564. The van der Waals surface area contributed by atoms with E-state index in [1.807, 2.05) is 0 Å². The van der Waals surface area contributed by atoms with Crippen LogP contribution >= 0.6 is 0 Å². The average molecular weight is 312 g/mol. The van der Waals surface area contributed by atoms with Crippen molar-refractivity contribution in [1.29, 1.82) is 0 Å². The maximum Gasteiger partial charge on any atom is 0.308 e. The fraction of sp³-hybridized carbons (Fsp3) is 0.571. The summed E-state index contributed by atoms with van der Waals surface area (Å²) >= 11 is 0. The van der Waals surface area contributed by atoms with E-state index in [1.165, 1.54) is 19.9 Å². The Balaban J connectivity index is 2.76. The minimum Gasteiger partial charge on any atom is -0.481 e.